The molecule has 0 saturated carbocycles. The molecule has 3 heterocycles. The Labute approximate surface area is 508 Å². The van der Waals surface area contributed by atoms with Crippen LogP contribution < -0.4 is 31.1 Å². The highest BCUT2D eigenvalue weighted by atomic mass is 16.3. The molecule has 1 aliphatic carbocycles. The van der Waals surface area contributed by atoms with Crippen molar-refractivity contribution in [1.82, 2.24) is 0 Å². The van der Waals surface area contributed by atoms with Gasteiger partial charge in [0.15, 0.2) is 0 Å². The Morgan fingerprint density at radius 2 is 0.930 bits per heavy atom. The van der Waals surface area contributed by atoms with Crippen LogP contribution in [0.15, 0.2) is 241 Å². The molecule has 2 aliphatic heterocycles. The van der Waals surface area contributed by atoms with E-state index in [0.29, 0.717) is 0 Å². The number of anilines is 9. The lowest BCUT2D eigenvalue weighted by Gasteiger charge is -2.45. The van der Waals surface area contributed by atoms with Crippen LogP contribution in [0.3, 0.4) is 0 Å². The standard InChI is InChI=1S/C81H72BN3O/c1-78(2,3)54-31-37-57(38-32-54)83(58-39-33-55(34-40-58)79(4,5)6)61-42-44-69-72(50-61)85(60-41-43-64-63-22-15-17-26-67(63)81(10,11)68(64)49-60)74-48-56(80(7,8)9)47-73-76(74)82(69)70-46-53(51-20-13-12-14-21-51)30-45-71(70)84(73)59-35-28-52(29-36-59)62-24-19-25-66-65-23-16-18-27-75(65)86-77(62)66/h12-50H,1-11H3. The van der Waals surface area contributed by atoms with Crippen molar-refractivity contribution in [3.63, 3.8) is 0 Å². The molecule has 0 amide bonds. The van der Waals surface area contributed by atoms with Crippen LogP contribution in [0.25, 0.3) is 55.3 Å². The highest BCUT2D eigenvalue weighted by molar-refractivity contribution is 7.00. The molecule has 15 rings (SSSR count). The maximum atomic E-state index is 6.62. The second kappa shape index (κ2) is 19.4. The largest absolute Gasteiger partial charge is 0.455 e. The Kier molecular flexibility index (Phi) is 12.0. The zero-order valence-electron chi connectivity index (χ0n) is 51.3. The van der Waals surface area contributed by atoms with Gasteiger partial charge in [0.1, 0.15) is 11.2 Å². The summed E-state index contributed by atoms with van der Waals surface area (Å²) < 4.78 is 6.62. The monoisotopic (exact) mass is 1110 g/mol. The molecule has 0 radical (unpaired) electrons. The summed E-state index contributed by atoms with van der Waals surface area (Å²) in [4.78, 5) is 7.66. The number of furan rings is 1. The fraction of sp³-hybridized carbons (Fsp3) is 0.185. The topological polar surface area (TPSA) is 22.9 Å². The van der Waals surface area contributed by atoms with Crippen molar-refractivity contribution in [2.75, 3.05) is 14.7 Å². The smallest absolute Gasteiger partial charge is 0.252 e. The van der Waals surface area contributed by atoms with E-state index >= 15 is 0 Å². The molecule has 4 nitrogen and oxygen atoms in total. The molecule has 5 heteroatoms. The Balaban J connectivity index is 0.990. The third-order valence-electron chi connectivity index (χ3n) is 18.9. The average molecular weight is 1110 g/mol. The zero-order chi connectivity index (χ0) is 59.2. The number of para-hydroxylation sites is 2. The minimum atomic E-state index is -0.210. The fourth-order valence-electron chi connectivity index (χ4n) is 14.2. The molecule has 0 spiro atoms. The van der Waals surface area contributed by atoms with E-state index in [2.05, 4.69) is 321 Å². The zero-order valence-corrected chi connectivity index (χ0v) is 51.3. The summed E-state index contributed by atoms with van der Waals surface area (Å²) in [6.07, 6.45) is 0. The molecular formula is C81H72BN3O. The van der Waals surface area contributed by atoms with Crippen molar-refractivity contribution in [2.45, 2.75) is 97.8 Å². The van der Waals surface area contributed by atoms with Crippen molar-refractivity contribution in [3.05, 3.63) is 264 Å². The van der Waals surface area contributed by atoms with Gasteiger partial charge in [-0.05, 0) is 173 Å². The Hall–Kier alpha value is -9.32. The van der Waals surface area contributed by atoms with Crippen LogP contribution in [-0.2, 0) is 21.7 Å². The predicted molar refractivity (Wildman–Crippen MR) is 367 cm³/mol. The average Bonchev–Trinajstić information content (AvgIpc) is 0.806. The Morgan fingerprint density at radius 1 is 0.372 bits per heavy atom. The summed E-state index contributed by atoms with van der Waals surface area (Å²) in [5.41, 5.74) is 29.3. The van der Waals surface area contributed by atoms with Gasteiger partial charge in [-0.1, -0.05) is 228 Å². The fourth-order valence-corrected chi connectivity index (χ4v) is 14.2. The molecular weight excluding hydrogens is 1040 g/mol. The first kappa shape index (κ1) is 53.4. The molecule has 3 aliphatic rings. The van der Waals surface area contributed by atoms with Gasteiger partial charge >= 0.3 is 0 Å². The van der Waals surface area contributed by atoms with Crippen molar-refractivity contribution >= 4 is 96.2 Å². The lowest BCUT2D eigenvalue weighted by Crippen LogP contribution is -2.61. The van der Waals surface area contributed by atoms with E-state index in [0.717, 1.165) is 61.5 Å². The first-order chi connectivity index (χ1) is 41.3. The normalized spacial score (nSPS) is 14.0. The summed E-state index contributed by atoms with van der Waals surface area (Å²) >= 11 is 0. The minimum absolute atomic E-state index is 0.00901. The highest BCUT2D eigenvalue weighted by Gasteiger charge is 2.45. The third kappa shape index (κ3) is 8.56. The molecule has 11 aromatic carbocycles. The second-order valence-electron chi connectivity index (χ2n) is 27.8. The van der Waals surface area contributed by atoms with Gasteiger partial charge in [0.2, 0.25) is 0 Å². The van der Waals surface area contributed by atoms with Crippen molar-refractivity contribution < 1.29 is 4.42 Å². The van der Waals surface area contributed by atoms with E-state index < -0.39 is 0 Å². The van der Waals surface area contributed by atoms with Crippen LogP contribution in [0.5, 0.6) is 0 Å². The molecule has 0 atom stereocenters. The number of nitrogens with zero attached hydrogens (tertiary/aromatic N) is 3. The first-order valence-corrected chi connectivity index (χ1v) is 30.7. The second-order valence-corrected chi connectivity index (χ2v) is 27.8. The van der Waals surface area contributed by atoms with Gasteiger partial charge in [0, 0.05) is 72.9 Å². The maximum Gasteiger partial charge on any atom is 0.252 e. The minimum Gasteiger partial charge on any atom is -0.455 e. The maximum absolute atomic E-state index is 6.62. The quantitative estimate of drug-likeness (QED) is 0.148. The van der Waals surface area contributed by atoms with Gasteiger partial charge < -0.3 is 19.1 Å². The van der Waals surface area contributed by atoms with Crippen LogP contribution in [0.4, 0.5) is 51.2 Å². The molecule has 420 valence electrons. The van der Waals surface area contributed by atoms with E-state index in [1.54, 1.807) is 0 Å². The number of hydrogen-bond acceptors (Lipinski definition) is 4. The van der Waals surface area contributed by atoms with Gasteiger partial charge in [0.05, 0.1) is 0 Å². The summed E-state index contributed by atoms with van der Waals surface area (Å²) in [6, 6.07) is 89.4. The number of rotatable bonds is 7. The number of fused-ring (bicyclic) bond motifs is 10. The highest BCUT2D eigenvalue weighted by Crippen LogP contribution is 2.53. The lowest BCUT2D eigenvalue weighted by molar-refractivity contribution is 0.590. The van der Waals surface area contributed by atoms with E-state index in [9.17, 15) is 0 Å². The van der Waals surface area contributed by atoms with Gasteiger partial charge in [-0.2, -0.15) is 0 Å². The molecule has 1 aromatic heterocycles. The SMILES string of the molecule is CC(C)(C)c1ccc(N(c2ccc(C(C)(C)C)cc2)c2ccc3c(c2)N(c2ccc4c(c2)C(C)(C)c2ccccc2-4)c2cc(C(C)(C)C)cc4c2B3c2cc(-c3ccccc3)ccc2N4c2ccc(-c3cccc4c3oc3ccccc34)cc2)cc1. The number of benzene rings is 11. The van der Waals surface area contributed by atoms with E-state index in [-0.39, 0.29) is 28.4 Å². The van der Waals surface area contributed by atoms with Crippen molar-refractivity contribution in [1.29, 1.82) is 0 Å². The first-order valence-electron chi connectivity index (χ1n) is 30.7. The summed E-state index contributed by atoms with van der Waals surface area (Å²) in [5.74, 6) is 0. The molecule has 0 unspecified atom stereocenters. The Bertz CT molecular complexity index is 4610. The number of hydrogen-bond donors (Lipinski definition) is 0. The van der Waals surface area contributed by atoms with Crippen LogP contribution >= 0.6 is 0 Å². The van der Waals surface area contributed by atoms with Crippen molar-refractivity contribution in [2.24, 2.45) is 0 Å². The van der Waals surface area contributed by atoms with E-state index in [1.165, 1.54) is 89.2 Å². The van der Waals surface area contributed by atoms with Crippen LogP contribution in [0, 0.1) is 0 Å². The van der Waals surface area contributed by atoms with Gasteiger partial charge in [-0.15, -0.1) is 0 Å². The lowest BCUT2D eigenvalue weighted by atomic mass is 9.33. The van der Waals surface area contributed by atoms with E-state index in [4.69, 9.17) is 4.42 Å². The van der Waals surface area contributed by atoms with Gasteiger partial charge in [-0.25, -0.2) is 0 Å². The molecule has 0 bridgehead atoms. The van der Waals surface area contributed by atoms with Crippen LogP contribution in [0.1, 0.15) is 104 Å². The van der Waals surface area contributed by atoms with Gasteiger partial charge in [0.25, 0.3) is 6.71 Å². The van der Waals surface area contributed by atoms with Crippen LogP contribution in [-0.4, -0.2) is 6.71 Å². The molecule has 86 heavy (non-hydrogen) atoms. The molecule has 0 saturated heterocycles. The molecule has 12 aromatic rings. The predicted octanol–water partition coefficient (Wildman–Crippen LogP) is 20.7. The Morgan fingerprint density at radius 3 is 1.60 bits per heavy atom. The summed E-state index contributed by atoms with van der Waals surface area (Å²) in [6.45, 7) is 25.5. The van der Waals surface area contributed by atoms with Crippen LogP contribution in [0.2, 0.25) is 0 Å². The van der Waals surface area contributed by atoms with Gasteiger partial charge in [-0.3, -0.25) is 0 Å². The third-order valence-corrected chi connectivity index (χ3v) is 18.9. The summed E-state index contributed by atoms with van der Waals surface area (Å²) in [5, 5.41) is 2.26. The van der Waals surface area contributed by atoms with E-state index in [1.807, 2.05) is 6.07 Å². The van der Waals surface area contributed by atoms with Crippen molar-refractivity contribution in [3.8, 4) is 33.4 Å². The summed E-state index contributed by atoms with van der Waals surface area (Å²) in [7, 11) is 0. The molecule has 0 fully saturated rings. The molecule has 0 N–H and O–H groups in total.